The number of aliphatic hydroxyl groups excluding tert-OH is 2. The summed E-state index contributed by atoms with van der Waals surface area (Å²) in [6.45, 7) is -0.730. The van der Waals surface area contributed by atoms with E-state index in [-0.39, 0.29) is 6.54 Å². The van der Waals surface area contributed by atoms with Crippen molar-refractivity contribution < 1.29 is 42.7 Å². The third-order valence-electron chi connectivity index (χ3n) is 4.77. The molecule has 1 aromatic carbocycles. The van der Waals surface area contributed by atoms with Crippen molar-refractivity contribution in [3.8, 4) is 0 Å². The second-order valence-electron chi connectivity index (χ2n) is 6.90. The van der Waals surface area contributed by atoms with Crippen molar-refractivity contribution in [3.63, 3.8) is 0 Å². The number of hydrogen-bond acceptors (Lipinski definition) is 9. The van der Waals surface area contributed by atoms with E-state index in [1.165, 1.54) is 0 Å². The summed E-state index contributed by atoms with van der Waals surface area (Å²) in [5.41, 5.74) is -0.450. The minimum absolute atomic E-state index is 0.0613. The molecule has 13 nitrogen and oxygen atoms in total. The normalized spacial score (nSPS) is 26.0. The van der Waals surface area contributed by atoms with Crippen molar-refractivity contribution in [1.29, 1.82) is 0 Å². The molecule has 32 heavy (non-hydrogen) atoms. The van der Waals surface area contributed by atoms with E-state index in [0.29, 0.717) is 6.42 Å². The summed E-state index contributed by atoms with van der Waals surface area (Å²) in [7, 11) is -8.68. The van der Waals surface area contributed by atoms with E-state index in [4.69, 9.17) is 9.63 Å². The number of nitrogens with zero attached hydrogens (tertiary/aromatic N) is 2. The van der Waals surface area contributed by atoms with Gasteiger partial charge in [-0.3, -0.25) is 23.0 Å². The summed E-state index contributed by atoms with van der Waals surface area (Å²) in [6, 6.07) is 10.3. The van der Waals surface area contributed by atoms with Crippen LogP contribution in [0.15, 0.2) is 52.2 Å². The summed E-state index contributed by atoms with van der Waals surface area (Å²) in [4.78, 5) is 43.0. The topological polar surface area (TPSA) is 187 Å². The molecule has 0 radical (unpaired) electrons. The van der Waals surface area contributed by atoms with E-state index >= 15 is 0 Å². The Hall–Kier alpha value is -1.92. The fourth-order valence-electron chi connectivity index (χ4n) is 3.21. The number of ether oxygens (including phenoxy) is 1. The monoisotopic (exact) mass is 492 g/mol. The predicted molar refractivity (Wildman–Crippen MR) is 109 cm³/mol. The predicted octanol–water partition coefficient (Wildman–Crippen LogP) is -0.613. The first-order valence-electron chi connectivity index (χ1n) is 9.36. The smallest absolute Gasteiger partial charge is 0.387 e. The zero-order valence-electron chi connectivity index (χ0n) is 16.5. The molecule has 0 bridgehead atoms. The minimum Gasteiger partial charge on any atom is -0.387 e. The number of rotatable bonds is 9. The number of hydrogen-bond donors (Lipinski definition) is 4. The highest BCUT2D eigenvalue weighted by atomic mass is 31.2. The first kappa shape index (κ1) is 24.7. The van der Waals surface area contributed by atoms with Gasteiger partial charge in [0.25, 0.3) is 5.56 Å². The van der Waals surface area contributed by atoms with Gasteiger partial charge in [0, 0.05) is 18.8 Å². The number of phosphoric ester groups is 1. The number of benzene rings is 1. The van der Waals surface area contributed by atoms with Crippen LogP contribution in [0.4, 0.5) is 0 Å². The van der Waals surface area contributed by atoms with Crippen LogP contribution in [0.5, 0.6) is 0 Å². The molecule has 6 atom stereocenters. The summed E-state index contributed by atoms with van der Waals surface area (Å²) in [6.07, 6.45) is -4.58. The SMILES string of the molecule is O=c1ccn(C2OC(COP(=O)(O)O[PH](=O)O)[C@H](O)C2O)c(=O)n1CCc1ccccc1. The molecule has 4 N–H and O–H groups in total. The number of aliphatic hydroxyl groups is 2. The van der Waals surface area contributed by atoms with Gasteiger partial charge in [0.2, 0.25) is 0 Å². The van der Waals surface area contributed by atoms with Crippen LogP contribution in [0.25, 0.3) is 0 Å². The maximum Gasteiger partial charge on any atom is 0.479 e. The first-order valence-corrected chi connectivity index (χ1v) is 12.1. The second kappa shape index (κ2) is 10.3. The zero-order valence-corrected chi connectivity index (χ0v) is 18.4. The van der Waals surface area contributed by atoms with Gasteiger partial charge >= 0.3 is 21.8 Å². The minimum atomic E-state index is -4.91. The van der Waals surface area contributed by atoms with Crippen LogP contribution >= 0.6 is 16.1 Å². The fourth-order valence-corrected chi connectivity index (χ4v) is 4.54. The molecule has 2 aromatic rings. The molecule has 176 valence electrons. The Bertz CT molecular complexity index is 1120. The van der Waals surface area contributed by atoms with Crippen LogP contribution in [-0.4, -0.2) is 54.1 Å². The largest absolute Gasteiger partial charge is 0.479 e. The van der Waals surface area contributed by atoms with Crippen LogP contribution in [0.1, 0.15) is 11.8 Å². The van der Waals surface area contributed by atoms with E-state index in [1.807, 2.05) is 30.3 Å². The second-order valence-corrected chi connectivity index (χ2v) is 9.36. The van der Waals surface area contributed by atoms with Crippen LogP contribution < -0.4 is 11.2 Å². The Morgan fingerprint density at radius 2 is 1.81 bits per heavy atom. The molecule has 1 aromatic heterocycles. The number of phosphoric acid groups is 1. The van der Waals surface area contributed by atoms with Gasteiger partial charge in [-0.1, -0.05) is 30.3 Å². The van der Waals surface area contributed by atoms with Gasteiger partial charge in [0.15, 0.2) is 6.23 Å². The van der Waals surface area contributed by atoms with Crippen molar-refractivity contribution in [2.24, 2.45) is 0 Å². The summed E-state index contributed by atoms with van der Waals surface area (Å²) < 4.78 is 37.8. The van der Waals surface area contributed by atoms with Crippen molar-refractivity contribution in [3.05, 3.63) is 69.0 Å². The van der Waals surface area contributed by atoms with Gasteiger partial charge in [-0.15, -0.1) is 0 Å². The molecule has 5 unspecified atom stereocenters. The Balaban J connectivity index is 1.76. The maximum atomic E-state index is 12.9. The van der Waals surface area contributed by atoms with E-state index in [9.17, 15) is 33.8 Å². The van der Waals surface area contributed by atoms with Crippen molar-refractivity contribution >= 4 is 16.1 Å². The lowest BCUT2D eigenvalue weighted by Crippen LogP contribution is -2.43. The summed E-state index contributed by atoms with van der Waals surface area (Å²) in [5, 5.41) is 20.5. The van der Waals surface area contributed by atoms with Crippen molar-refractivity contribution in [2.75, 3.05) is 6.61 Å². The van der Waals surface area contributed by atoms with Crippen LogP contribution in [0.3, 0.4) is 0 Å². The lowest BCUT2D eigenvalue weighted by Gasteiger charge is -2.19. The Morgan fingerprint density at radius 1 is 1.12 bits per heavy atom. The molecule has 15 heteroatoms. The molecule has 2 heterocycles. The Labute approximate surface area is 181 Å². The van der Waals surface area contributed by atoms with Gasteiger partial charge in [-0.25, -0.2) is 13.7 Å². The summed E-state index contributed by atoms with van der Waals surface area (Å²) >= 11 is 0. The third-order valence-corrected chi connectivity index (χ3v) is 6.79. The molecule has 0 aliphatic carbocycles. The lowest BCUT2D eigenvalue weighted by molar-refractivity contribution is -0.0546. The lowest BCUT2D eigenvalue weighted by atomic mass is 10.1. The number of aryl methyl sites for hydroxylation is 1. The average molecular weight is 492 g/mol. The molecular formula is C17H22N2O11P2. The molecule has 0 amide bonds. The molecule has 3 rings (SSSR count). The molecule has 0 spiro atoms. The van der Waals surface area contributed by atoms with Gasteiger partial charge < -0.3 is 24.7 Å². The zero-order chi connectivity index (χ0) is 23.5. The van der Waals surface area contributed by atoms with Gasteiger partial charge in [-0.05, 0) is 12.0 Å². The van der Waals surface area contributed by atoms with E-state index in [2.05, 4.69) is 8.83 Å². The van der Waals surface area contributed by atoms with Gasteiger partial charge in [0.1, 0.15) is 18.3 Å². The third kappa shape index (κ3) is 5.90. The van der Waals surface area contributed by atoms with Crippen molar-refractivity contribution in [2.45, 2.75) is 37.5 Å². The molecule has 0 saturated carbocycles. The number of aromatic nitrogens is 2. The Morgan fingerprint density at radius 3 is 2.47 bits per heavy atom. The highest BCUT2D eigenvalue weighted by molar-refractivity contribution is 7.55. The highest BCUT2D eigenvalue weighted by Crippen LogP contribution is 2.51. The average Bonchev–Trinajstić information content (AvgIpc) is 3.00. The van der Waals surface area contributed by atoms with Crippen LogP contribution in [-0.2, 0) is 35.7 Å². The van der Waals surface area contributed by atoms with Crippen molar-refractivity contribution in [1.82, 2.24) is 9.13 Å². The van der Waals surface area contributed by atoms with Crippen LogP contribution in [0.2, 0.25) is 0 Å². The standard InChI is InChI=1S/C17H22N2O11P2/c20-13-7-9-19(17(23)18(13)8-6-11-4-2-1-3-5-11)16-15(22)14(21)12(29-16)10-28-32(26,27)30-31(24)25/h1-5,7,9,12,14-16,21-22,31H,6,8,10H2,(H,24,25)(H,26,27)/t12?,14-,15?,16?/m0/s1. The molecular weight excluding hydrogens is 470 g/mol. The Kier molecular flexibility index (Phi) is 7.99. The van der Waals surface area contributed by atoms with E-state index in [0.717, 1.165) is 27.0 Å². The molecule has 1 aliphatic heterocycles. The van der Waals surface area contributed by atoms with Gasteiger partial charge in [-0.2, -0.15) is 0 Å². The molecule has 1 saturated heterocycles. The fraction of sp³-hybridized carbons (Fsp3) is 0.412. The molecule has 1 fully saturated rings. The quantitative estimate of drug-likeness (QED) is 0.327. The van der Waals surface area contributed by atoms with Gasteiger partial charge in [0.05, 0.1) is 6.61 Å². The van der Waals surface area contributed by atoms with E-state index < -0.39 is 58.5 Å². The highest BCUT2D eigenvalue weighted by Gasteiger charge is 2.45. The van der Waals surface area contributed by atoms with E-state index in [1.54, 1.807) is 0 Å². The maximum absolute atomic E-state index is 12.9. The first-order chi connectivity index (χ1) is 15.1. The summed E-state index contributed by atoms with van der Waals surface area (Å²) in [5.74, 6) is 0. The molecule has 1 aliphatic rings. The van der Waals surface area contributed by atoms with Crippen LogP contribution in [0, 0.1) is 0 Å².